The van der Waals surface area contributed by atoms with Crippen LogP contribution in [0.3, 0.4) is 0 Å². The standard InChI is InChI=1S/C13H15BrF3NO2/c1-8(3-2-4-12(19)20)18-11-7-9(14)5-6-10(11)13(15,16)17/h5-8,18H,2-4H2,1H3,(H,19,20). The molecule has 0 radical (unpaired) electrons. The number of hydrogen-bond acceptors (Lipinski definition) is 2. The summed E-state index contributed by atoms with van der Waals surface area (Å²) in [6.07, 6.45) is -3.52. The average Bonchev–Trinajstić information content (AvgIpc) is 2.26. The normalized spacial score (nSPS) is 13.1. The van der Waals surface area contributed by atoms with Gasteiger partial charge >= 0.3 is 12.1 Å². The molecule has 1 rings (SSSR count). The van der Waals surface area contributed by atoms with E-state index in [0.717, 1.165) is 6.07 Å². The van der Waals surface area contributed by atoms with Crippen LogP contribution < -0.4 is 5.32 Å². The lowest BCUT2D eigenvalue weighted by atomic mass is 10.1. The van der Waals surface area contributed by atoms with Crippen LogP contribution in [0.4, 0.5) is 18.9 Å². The van der Waals surface area contributed by atoms with Gasteiger partial charge in [0, 0.05) is 22.6 Å². The first kappa shape index (κ1) is 16.8. The zero-order valence-electron chi connectivity index (χ0n) is 10.8. The summed E-state index contributed by atoms with van der Waals surface area (Å²) < 4.78 is 39.1. The van der Waals surface area contributed by atoms with Crippen molar-refractivity contribution in [3.05, 3.63) is 28.2 Å². The number of carbonyl (C=O) groups is 1. The monoisotopic (exact) mass is 353 g/mol. The first-order valence-electron chi connectivity index (χ1n) is 6.05. The maximum Gasteiger partial charge on any atom is 0.418 e. The Hall–Kier alpha value is -1.24. The van der Waals surface area contributed by atoms with Gasteiger partial charge in [-0.1, -0.05) is 15.9 Å². The number of alkyl halides is 3. The van der Waals surface area contributed by atoms with Crippen LogP contribution in [0.2, 0.25) is 0 Å². The predicted octanol–water partition coefficient (Wildman–Crippen LogP) is 4.52. The molecule has 0 bridgehead atoms. The number of benzene rings is 1. The molecule has 3 nitrogen and oxygen atoms in total. The van der Waals surface area contributed by atoms with Crippen LogP contribution in [-0.2, 0) is 11.0 Å². The van der Waals surface area contributed by atoms with Gasteiger partial charge in [0.15, 0.2) is 0 Å². The lowest BCUT2D eigenvalue weighted by molar-refractivity contribution is -0.137. The van der Waals surface area contributed by atoms with Crippen LogP contribution in [0.5, 0.6) is 0 Å². The zero-order chi connectivity index (χ0) is 15.3. The fourth-order valence-electron chi connectivity index (χ4n) is 1.78. The second kappa shape index (κ2) is 6.97. The van der Waals surface area contributed by atoms with E-state index in [1.54, 1.807) is 6.92 Å². The largest absolute Gasteiger partial charge is 0.481 e. The quantitative estimate of drug-likeness (QED) is 0.790. The number of carboxylic acid groups (broad SMARTS) is 1. The molecule has 1 aromatic rings. The molecule has 0 aromatic heterocycles. The van der Waals surface area contributed by atoms with E-state index in [1.807, 2.05) is 0 Å². The van der Waals surface area contributed by atoms with Crippen molar-refractivity contribution in [1.29, 1.82) is 0 Å². The zero-order valence-corrected chi connectivity index (χ0v) is 12.4. The van der Waals surface area contributed by atoms with Gasteiger partial charge in [0.05, 0.1) is 5.56 Å². The van der Waals surface area contributed by atoms with Crippen molar-refractivity contribution in [2.24, 2.45) is 0 Å². The number of carboxylic acids is 1. The van der Waals surface area contributed by atoms with Crippen molar-refractivity contribution in [3.63, 3.8) is 0 Å². The van der Waals surface area contributed by atoms with Gasteiger partial charge in [0.1, 0.15) is 0 Å². The van der Waals surface area contributed by atoms with E-state index in [1.165, 1.54) is 12.1 Å². The molecule has 0 spiro atoms. The molecule has 2 N–H and O–H groups in total. The topological polar surface area (TPSA) is 49.3 Å². The Bertz CT molecular complexity index is 477. The SMILES string of the molecule is CC(CCCC(=O)O)Nc1cc(Br)ccc1C(F)(F)F. The minimum absolute atomic E-state index is 0.00491. The second-order valence-corrected chi connectivity index (χ2v) is 5.43. The number of nitrogens with one attached hydrogen (secondary N) is 1. The molecule has 0 aliphatic heterocycles. The highest BCUT2D eigenvalue weighted by Crippen LogP contribution is 2.36. The third kappa shape index (κ3) is 5.40. The summed E-state index contributed by atoms with van der Waals surface area (Å²) in [7, 11) is 0. The van der Waals surface area contributed by atoms with Crippen molar-refractivity contribution in [2.45, 2.75) is 38.4 Å². The number of aliphatic carboxylic acids is 1. The van der Waals surface area contributed by atoms with Crippen LogP contribution in [0.15, 0.2) is 22.7 Å². The summed E-state index contributed by atoms with van der Waals surface area (Å²) in [5.41, 5.74) is -0.736. The third-order valence-electron chi connectivity index (χ3n) is 2.72. The molecule has 0 saturated heterocycles. The molecule has 0 aliphatic carbocycles. The minimum atomic E-state index is -4.43. The van der Waals surface area contributed by atoms with Gasteiger partial charge < -0.3 is 10.4 Å². The van der Waals surface area contributed by atoms with Crippen molar-refractivity contribution < 1.29 is 23.1 Å². The Morgan fingerprint density at radius 3 is 2.65 bits per heavy atom. The van der Waals surface area contributed by atoms with Gasteiger partial charge in [-0.15, -0.1) is 0 Å². The van der Waals surface area contributed by atoms with Crippen LogP contribution in [0.25, 0.3) is 0 Å². The van der Waals surface area contributed by atoms with E-state index in [2.05, 4.69) is 21.2 Å². The van der Waals surface area contributed by atoms with Gasteiger partial charge in [-0.3, -0.25) is 4.79 Å². The molecule has 1 aromatic carbocycles. The minimum Gasteiger partial charge on any atom is -0.481 e. The van der Waals surface area contributed by atoms with E-state index < -0.39 is 17.7 Å². The van der Waals surface area contributed by atoms with Crippen LogP contribution in [-0.4, -0.2) is 17.1 Å². The van der Waals surface area contributed by atoms with Crippen molar-refractivity contribution >= 4 is 27.6 Å². The van der Waals surface area contributed by atoms with E-state index in [9.17, 15) is 18.0 Å². The van der Waals surface area contributed by atoms with Crippen molar-refractivity contribution in [2.75, 3.05) is 5.32 Å². The van der Waals surface area contributed by atoms with Gasteiger partial charge in [-0.2, -0.15) is 13.2 Å². The Labute approximate surface area is 123 Å². The Balaban J connectivity index is 2.75. The van der Waals surface area contributed by atoms with Crippen molar-refractivity contribution in [1.82, 2.24) is 0 Å². The first-order chi connectivity index (χ1) is 9.20. The van der Waals surface area contributed by atoms with Crippen LogP contribution in [0, 0.1) is 0 Å². The van der Waals surface area contributed by atoms with E-state index in [4.69, 9.17) is 5.11 Å². The summed E-state index contributed by atoms with van der Waals surface area (Å²) in [6, 6.07) is 3.47. The van der Waals surface area contributed by atoms with Crippen LogP contribution in [0.1, 0.15) is 31.7 Å². The molecule has 20 heavy (non-hydrogen) atoms. The fourth-order valence-corrected chi connectivity index (χ4v) is 2.14. The first-order valence-corrected chi connectivity index (χ1v) is 6.84. The van der Waals surface area contributed by atoms with Crippen LogP contribution >= 0.6 is 15.9 Å². The van der Waals surface area contributed by atoms with E-state index >= 15 is 0 Å². The summed E-state index contributed by atoms with van der Waals surface area (Å²) in [5.74, 6) is -0.907. The number of halogens is 4. The fraction of sp³-hybridized carbons (Fsp3) is 0.462. The molecule has 112 valence electrons. The lowest BCUT2D eigenvalue weighted by Gasteiger charge is -2.19. The number of hydrogen-bond donors (Lipinski definition) is 2. The second-order valence-electron chi connectivity index (χ2n) is 4.52. The molecular weight excluding hydrogens is 339 g/mol. The molecule has 0 saturated carbocycles. The Morgan fingerprint density at radius 1 is 1.45 bits per heavy atom. The predicted molar refractivity (Wildman–Crippen MR) is 73.7 cm³/mol. The number of anilines is 1. The summed E-state index contributed by atoms with van der Waals surface area (Å²) in [5, 5.41) is 11.3. The van der Waals surface area contributed by atoms with E-state index in [0.29, 0.717) is 17.3 Å². The summed E-state index contributed by atoms with van der Waals surface area (Å²) >= 11 is 3.14. The Morgan fingerprint density at radius 2 is 2.10 bits per heavy atom. The highest BCUT2D eigenvalue weighted by molar-refractivity contribution is 9.10. The molecule has 0 aliphatic rings. The third-order valence-corrected chi connectivity index (χ3v) is 3.21. The summed E-state index contributed by atoms with van der Waals surface area (Å²) in [4.78, 5) is 10.4. The smallest absolute Gasteiger partial charge is 0.418 e. The van der Waals surface area contributed by atoms with Gasteiger partial charge in [-0.25, -0.2) is 0 Å². The molecule has 0 amide bonds. The van der Waals surface area contributed by atoms with Gasteiger partial charge in [0.2, 0.25) is 0 Å². The Kier molecular flexibility index (Phi) is 5.86. The van der Waals surface area contributed by atoms with E-state index in [-0.39, 0.29) is 18.2 Å². The van der Waals surface area contributed by atoms with Gasteiger partial charge in [0.25, 0.3) is 0 Å². The lowest BCUT2D eigenvalue weighted by Crippen LogP contribution is -2.19. The molecule has 1 atom stereocenters. The molecular formula is C13H15BrF3NO2. The summed E-state index contributed by atoms with van der Waals surface area (Å²) in [6.45, 7) is 1.73. The number of rotatable bonds is 6. The average molecular weight is 354 g/mol. The molecule has 0 heterocycles. The molecule has 7 heteroatoms. The highest BCUT2D eigenvalue weighted by atomic mass is 79.9. The van der Waals surface area contributed by atoms with Gasteiger partial charge in [-0.05, 0) is 38.0 Å². The highest BCUT2D eigenvalue weighted by Gasteiger charge is 2.33. The maximum absolute atomic E-state index is 12.9. The maximum atomic E-state index is 12.9. The molecule has 0 fully saturated rings. The van der Waals surface area contributed by atoms with Crippen molar-refractivity contribution in [3.8, 4) is 0 Å². The molecule has 1 unspecified atom stereocenters.